The first-order valence-electron chi connectivity index (χ1n) is 6.92. The van der Waals surface area contributed by atoms with Crippen LogP contribution >= 0.6 is 0 Å². The van der Waals surface area contributed by atoms with Crippen molar-refractivity contribution in [3.05, 3.63) is 55.1 Å². The monoisotopic (exact) mass is 260 g/mol. The third-order valence-electron chi connectivity index (χ3n) is 1.97. The van der Waals surface area contributed by atoms with E-state index in [-0.39, 0.29) is 0 Å². The van der Waals surface area contributed by atoms with Crippen LogP contribution in [0, 0.1) is 0 Å². The highest BCUT2D eigenvalue weighted by Crippen LogP contribution is 2.24. The van der Waals surface area contributed by atoms with Crippen molar-refractivity contribution in [2.24, 2.45) is 0 Å². The molecular weight excluding hydrogens is 232 g/mol. The van der Waals surface area contributed by atoms with E-state index < -0.39 is 0 Å². The van der Waals surface area contributed by atoms with Gasteiger partial charge in [0.05, 0.1) is 7.11 Å². The van der Waals surface area contributed by atoms with E-state index in [1.165, 1.54) is 10.8 Å². The average Bonchev–Trinajstić information content (AvgIpc) is 2.51. The molecule has 0 atom stereocenters. The summed E-state index contributed by atoms with van der Waals surface area (Å²) in [5.41, 5.74) is 0. The van der Waals surface area contributed by atoms with Gasteiger partial charge in [-0.15, -0.1) is 6.58 Å². The van der Waals surface area contributed by atoms with Crippen LogP contribution in [0.3, 0.4) is 0 Å². The maximum atomic E-state index is 5.23. The lowest BCUT2D eigenvalue weighted by atomic mass is 10.1. The van der Waals surface area contributed by atoms with Crippen molar-refractivity contribution in [1.29, 1.82) is 0 Å². The van der Waals surface area contributed by atoms with Crippen LogP contribution in [0.5, 0.6) is 5.75 Å². The summed E-state index contributed by atoms with van der Waals surface area (Å²) in [6, 6.07) is 14.2. The van der Waals surface area contributed by atoms with Crippen LogP contribution in [0.25, 0.3) is 10.8 Å². The number of hydrogen-bond donors (Lipinski definition) is 0. The van der Waals surface area contributed by atoms with Crippen LogP contribution in [0.4, 0.5) is 0 Å². The minimum Gasteiger partial charge on any atom is -0.496 e. The Hall–Kier alpha value is -1.76. The number of rotatable bonds is 1. The highest BCUT2D eigenvalue weighted by Gasteiger charge is 1.96. The van der Waals surface area contributed by atoms with Gasteiger partial charge in [-0.25, -0.2) is 0 Å². The molecule has 0 aliphatic heterocycles. The number of ether oxygens (including phenoxy) is 1. The van der Waals surface area contributed by atoms with Gasteiger partial charge in [0.1, 0.15) is 5.75 Å². The van der Waals surface area contributed by atoms with Crippen molar-refractivity contribution < 1.29 is 4.74 Å². The molecule has 0 radical (unpaired) electrons. The Morgan fingerprint density at radius 1 is 0.895 bits per heavy atom. The lowest BCUT2D eigenvalue weighted by Crippen LogP contribution is -1.83. The lowest BCUT2D eigenvalue weighted by Gasteiger charge is -2.03. The molecule has 0 saturated heterocycles. The Labute approximate surface area is 118 Å². The first-order valence-corrected chi connectivity index (χ1v) is 6.92. The molecule has 0 heterocycles. The number of benzene rings is 2. The Bertz CT molecular complexity index is 427. The molecule has 0 N–H and O–H groups in total. The molecule has 0 aliphatic carbocycles. The number of hydrogen-bond acceptors (Lipinski definition) is 1. The topological polar surface area (TPSA) is 9.23 Å². The van der Waals surface area contributed by atoms with Crippen LogP contribution in [-0.2, 0) is 0 Å². The Morgan fingerprint density at radius 2 is 1.37 bits per heavy atom. The zero-order chi connectivity index (χ0) is 15.1. The summed E-state index contributed by atoms with van der Waals surface area (Å²) in [4.78, 5) is 0. The summed E-state index contributed by atoms with van der Waals surface area (Å²) < 4.78 is 5.23. The van der Waals surface area contributed by atoms with Crippen molar-refractivity contribution in [3.8, 4) is 5.75 Å². The Kier molecular flexibility index (Phi) is 14.7. The maximum absolute atomic E-state index is 5.23. The van der Waals surface area contributed by atoms with Crippen LogP contribution < -0.4 is 4.74 Å². The second-order valence-corrected chi connectivity index (χ2v) is 3.09. The average molecular weight is 260 g/mol. The quantitative estimate of drug-likeness (QED) is 0.563. The third kappa shape index (κ3) is 7.30. The summed E-state index contributed by atoms with van der Waals surface area (Å²) >= 11 is 0. The molecule has 0 spiro atoms. The fraction of sp³-hybridized carbons (Fsp3) is 0.333. The summed E-state index contributed by atoms with van der Waals surface area (Å²) in [5, 5.41) is 2.39. The van der Waals surface area contributed by atoms with Gasteiger partial charge in [0.15, 0.2) is 0 Å². The Balaban J connectivity index is 0. The molecule has 1 nitrogen and oxygen atoms in total. The van der Waals surface area contributed by atoms with Crippen molar-refractivity contribution in [2.45, 2.75) is 34.6 Å². The normalized spacial score (nSPS) is 7.68. The maximum Gasteiger partial charge on any atom is 0.126 e. The van der Waals surface area contributed by atoms with Gasteiger partial charge < -0.3 is 4.74 Å². The van der Waals surface area contributed by atoms with E-state index in [0.717, 1.165) is 5.75 Å². The first-order chi connectivity index (χ1) is 9.33. The van der Waals surface area contributed by atoms with E-state index >= 15 is 0 Å². The first kappa shape index (κ1) is 19.6. The van der Waals surface area contributed by atoms with E-state index in [1.807, 2.05) is 58.9 Å². The highest BCUT2D eigenvalue weighted by atomic mass is 16.5. The molecule has 2 rings (SSSR count). The van der Waals surface area contributed by atoms with E-state index in [1.54, 1.807) is 13.2 Å². The fourth-order valence-electron chi connectivity index (χ4n) is 1.37. The number of methoxy groups -OCH3 is 1. The molecular formula is C18H28O. The molecule has 0 amide bonds. The van der Waals surface area contributed by atoms with E-state index in [4.69, 9.17) is 4.74 Å². The van der Waals surface area contributed by atoms with E-state index in [2.05, 4.69) is 24.8 Å². The molecule has 1 heteroatoms. The number of allylic oxidation sites excluding steroid dienone is 1. The van der Waals surface area contributed by atoms with Crippen molar-refractivity contribution >= 4 is 10.8 Å². The summed E-state index contributed by atoms with van der Waals surface area (Å²) in [7, 11) is 1.70. The minimum atomic E-state index is 0.938. The van der Waals surface area contributed by atoms with Gasteiger partial charge >= 0.3 is 0 Å². The standard InChI is InChI=1S/C11H10O.C3H6.2C2H6/c1-12-11-8-4-6-9-5-2-3-7-10(9)11;1-3-2;2*1-2/h2-8H,1H3;3H,1H2,2H3;2*1-2H3. The summed E-state index contributed by atoms with van der Waals surface area (Å²) in [5.74, 6) is 0.938. The molecule has 0 aliphatic rings. The smallest absolute Gasteiger partial charge is 0.126 e. The van der Waals surface area contributed by atoms with Gasteiger partial charge in [0, 0.05) is 5.39 Å². The Morgan fingerprint density at radius 3 is 1.89 bits per heavy atom. The fourth-order valence-corrected chi connectivity index (χ4v) is 1.37. The molecule has 0 saturated carbocycles. The van der Waals surface area contributed by atoms with E-state index in [9.17, 15) is 0 Å². The van der Waals surface area contributed by atoms with Crippen LogP contribution in [0.15, 0.2) is 55.1 Å². The molecule has 0 fully saturated rings. The lowest BCUT2D eigenvalue weighted by molar-refractivity contribution is 0.420. The second kappa shape index (κ2) is 14.3. The van der Waals surface area contributed by atoms with Gasteiger partial charge in [-0.3, -0.25) is 0 Å². The minimum absolute atomic E-state index is 0.938. The molecule has 106 valence electrons. The largest absolute Gasteiger partial charge is 0.496 e. The van der Waals surface area contributed by atoms with Crippen molar-refractivity contribution in [3.63, 3.8) is 0 Å². The van der Waals surface area contributed by atoms with Crippen molar-refractivity contribution in [1.82, 2.24) is 0 Å². The molecule has 0 bridgehead atoms. The molecule has 2 aromatic rings. The third-order valence-corrected chi connectivity index (χ3v) is 1.97. The van der Waals surface area contributed by atoms with Crippen LogP contribution in [0.1, 0.15) is 34.6 Å². The zero-order valence-electron chi connectivity index (χ0n) is 13.2. The highest BCUT2D eigenvalue weighted by molar-refractivity contribution is 5.88. The predicted molar refractivity (Wildman–Crippen MR) is 89.1 cm³/mol. The van der Waals surface area contributed by atoms with Crippen molar-refractivity contribution in [2.75, 3.05) is 7.11 Å². The zero-order valence-corrected chi connectivity index (χ0v) is 13.2. The SMILES string of the molecule is C=CC.CC.CC.COc1cccc2ccccc12. The molecule has 19 heavy (non-hydrogen) atoms. The summed E-state index contributed by atoms with van der Waals surface area (Å²) in [6.07, 6.45) is 1.75. The predicted octanol–water partition coefficient (Wildman–Crippen LogP) is 6.09. The van der Waals surface area contributed by atoms with Gasteiger partial charge in [0.2, 0.25) is 0 Å². The van der Waals surface area contributed by atoms with Gasteiger partial charge in [-0.2, -0.15) is 0 Å². The molecule has 0 aromatic heterocycles. The molecule has 2 aromatic carbocycles. The van der Waals surface area contributed by atoms with Gasteiger partial charge in [-0.1, -0.05) is 70.2 Å². The van der Waals surface area contributed by atoms with E-state index in [0.29, 0.717) is 0 Å². The summed E-state index contributed by atoms with van der Waals surface area (Å²) in [6.45, 7) is 13.2. The number of fused-ring (bicyclic) bond motifs is 1. The second-order valence-electron chi connectivity index (χ2n) is 3.09. The van der Waals surface area contributed by atoms with Gasteiger partial charge in [-0.05, 0) is 18.4 Å². The van der Waals surface area contributed by atoms with Gasteiger partial charge in [0.25, 0.3) is 0 Å². The van der Waals surface area contributed by atoms with Crippen LogP contribution in [0.2, 0.25) is 0 Å². The molecule has 0 unspecified atom stereocenters. The van der Waals surface area contributed by atoms with Crippen LogP contribution in [-0.4, -0.2) is 7.11 Å².